The van der Waals surface area contributed by atoms with Crippen LogP contribution in [0.5, 0.6) is 5.75 Å². The molecule has 0 aliphatic carbocycles. The zero-order chi connectivity index (χ0) is 14.1. The van der Waals surface area contributed by atoms with Gasteiger partial charge in [0, 0.05) is 14.7 Å². The molecule has 1 aliphatic heterocycles. The zero-order valence-corrected chi connectivity index (χ0v) is 13.5. The van der Waals surface area contributed by atoms with Gasteiger partial charge >= 0.3 is 0 Å². The summed E-state index contributed by atoms with van der Waals surface area (Å²) in [6, 6.07) is 13.2. The lowest BCUT2D eigenvalue weighted by Gasteiger charge is -2.25. The maximum Gasteiger partial charge on any atom is 0.170 e. The van der Waals surface area contributed by atoms with Crippen LogP contribution < -0.4 is 4.74 Å². The Morgan fingerprint density at radius 2 is 2.05 bits per heavy atom. The summed E-state index contributed by atoms with van der Waals surface area (Å²) < 4.78 is 6.56. The van der Waals surface area contributed by atoms with Gasteiger partial charge in [-0.3, -0.25) is 4.79 Å². The molecule has 2 nitrogen and oxygen atoms in total. The molecule has 2 aromatic rings. The van der Waals surface area contributed by atoms with Crippen molar-refractivity contribution >= 4 is 40.0 Å². The maximum absolute atomic E-state index is 12.7. The number of benzene rings is 2. The van der Waals surface area contributed by atoms with Gasteiger partial charge in [-0.15, -0.1) is 0 Å². The van der Waals surface area contributed by atoms with E-state index in [1.165, 1.54) is 0 Å². The molecule has 20 heavy (non-hydrogen) atoms. The van der Waals surface area contributed by atoms with Crippen molar-refractivity contribution in [2.75, 3.05) is 6.61 Å². The van der Waals surface area contributed by atoms with E-state index in [1.807, 2.05) is 36.4 Å². The Hall–Kier alpha value is -1.07. The molecule has 1 unspecified atom stereocenters. The van der Waals surface area contributed by atoms with Crippen molar-refractivity contribution in [1.29, 1.82) is 0 Å². The number of carbonyl (C=O) groups is 1. The third kappa shape index (κ3) is 2.56. The average Bonchev–Trinajstić information content (AvgIpc) is 2.49. The monoisotopic (exact) mass is 398 g/mol. The van der Waals surface area contributed by atoms with Gasteiger partial charge in [0.15, 0.2) is 5.78 Å². The first-order valence-electron chi connectivity index (χ1n) is 6.38. The molecule has 1 aliphatic rings. The van der Waals surface area contributed by atoms with Gasteiger partial charge in [-0.1, -0.05) is 35.9 Å². The Labute approximate surface area is 136 Å². The molecule has 0 amide bonds. The summed E-state index contributed by atoms with van der Waals surface area (Å²) in [4.78, 5) is 12.7. The molecule has 0 bridgehead atoms. The smallest absolute Gasteiger partial charge is 0.170 e. The second-order valence-corrected chi connectivity index (χ2v) is 6.29. The highest BCUT2D eigenvalue weighted by Gasteiger charge is 2.28. The van der Waals surface area contributed by atoms with Crippen molar-refractivity contribution in [1.82, 2.24) is 0 Å². The number of para-hydroxylation sites is 1. The van der Waals surface area contributed by atoms with Gasteiger partial charge in [0.1, 0.15) is 5.75 Å². The second-order valence-electron chi connectivity index (χ2n) is 4.72. The summed E-state index contributed by atoms with van der Waals surface area (Å²) in [5.74, 6) is 0.781. The standard InChI is InChI=1S/C16H12ClIO2/c17-13-9-10(5-6-14(13)18)16(19)12-7-8-20-15-4-2-1-3-11(12)15/h1-6,9,12H,7-8H2. The zero-order valence-electron chi connectivity index (χ0n) is 10.6. The topological polar surface area (TPSA) is 26.3 Å². The van der Waals surface area contributed by atoms with Gasteiger partial charge in [0.25, 0.3) is 0 Å². The number of Topliss-reactive ketones (excluding diaryl/α,β-unsaturated/α-hetero) is 1. The molecule has 102 valence electrons. The second kappa shape index (κ2) is 5.74. The Balaban J connectivity index is 1.97. The number of ether oxygens (including phenoxy) is 1. The Morgan fingerprint density at radius 1 is 1.25 bits per heavy atom. The molecule has 0 fully saturated rings. The first-order valence-corrected chi connectivity index (χ1v) is 7.83. The van der Waals surface area contributed by atoms with Gasteiger partial charge in [0.05, 0.1) is 17.5 Å². The quantitative estimate of drug-likeness (QED) is 0.542. The van der Waals surface area contributed by atoms with Crippen molar-refractivity contribution in [2.24, 2.45) is 0 Å². The lowest BCUT2D eigenvalue weighted by Crippen LogP contribution is -2.21. The van der Waals surface area contributed by atoms with Crippen LogP contribution in [0.4, 0.5) is 0 Å². The number of hydrogen-bond acceptors (Lipinski definition) is 2. The number of rotatable bonds is 2. The van der Waals surface area contributed by atoms with Crippen molar-refractivity contribution in [2.45, 2.75) is 12.3 Å². The number of halogens is 2. The summed E-state index contributed by atoms with van der Waals surface area (Å²) in [6.07, 6.45) is 0.708. The largest absolute Gasteiger partial charge is 0.493 e. The van der Waals surface area contributed by atoms with Crippen LogP contribution in [0.15, 0.2) is 42.5 Å². The van der Waals surface area contributed by atoms with Gasteiger partial charge in [-0.05, 0) is 47.2 Å². The SMILES string of the molecule is O=C(c1ccc(I)c(Cl)c1)C1CCOc2ccccc21. The van der Waals surface area contributed by atoms with E-state index >= 15 is 0 Å². The van der Waals surface area contributed by atoms with Crippen molar-refractivity contribution < 1.29 is 9.53 Å². The molecule has 0 aromatic heterocycles. The van der Waals surface area contributed by atoms with E-state index < -0.39 is 0 Å². The van der Waals surface area contributed by atoms with E-state index in [1.54, 1.807) is 6.07 Å². The highest BCUT2D eigenvalue weighted by Crippen LogP contribution is 2.36. The predicted octanol–water partition coefficient (Wildman–Crippen LogP) is 4.69. The van der Waals surface area contributed by atoms with E-state index in [9.17, 15) is 4.79 Å². The Kier molecular flexibility index (Phi) is 3.98. The number of hydrogen-bond donors (Lipinski definition) is 0. The minimum absolute atomic E-state index is 0.110. The molecule has 0 saturated heterocycles. The van der Waals surface area contributed by atoms with Gasteiger partial charge in [-0.25, -0.2) is 0 Å². The van der Waals surface area contributed by atoms with Gasteiger partial charge < -0.3 is 4.74 Å². The maximum atomic E-state index is 12.7. The molecule has 0 N–H and O–H groups in total. The summed E-state index contributed by atoms with van der Waals surface area (Å²) in [7, 11) is 0. The van der Waals surface area contributed by atoms with E-state index in [0.29, 0.717) is 23.6 Å². The molecule has 0 spiro atoms. The van der Waals surface area contributed by atoms with E-state index in [2.05, 4.69) is 22.6 Å². The highest BCUT2D eigenvalue weighted by atomic mass is 127. The molecule has 1 heterocycles. The van der Waals surface area contributed by atoms with Crippen LogP contribution in [0.25, 0.3) is 0 Å². The lowest BCUT2D eigenvalue weighted by molar-refractivity contribution is 0.0933. The van der Waals surface area contributed by atoms with E-state index in [0.717, 1.165) is 14.9 Å². The van der Waals surface area contributed by atoms with Crippen LogP contribution in [-0.2, 0) is 0 Å². The van der Waals surface area contributed by atoms with Crippen LogP contribution in [0.3, 0.4) is 0 Å². The van der Waals surface area contributed by atoms with Gasteiger partial charge in [-0.2, -0.15) is 0 Å². The molecule has 2 aromatic carbocycles. The van der Waals surface area contributed by atoms with Crippen molar-refractivity contribution in [3.63, 3.8) is 0 Å². The summed E-state index contributed by atoms with van der Waals surface area (Å²) in [5, 5.41) is 0.622. The summed E-state index contributed by atoms with van der Waals surface area (Å²) in [6.45, 7) is 0.575. The van der Waals surface area contributed by atoms with Crippen LogP contribution in [0, 0.1) is 3.57 Å². The molecule has 0 saturated carbocycles. The van der Waals surface area contributed by atoms with Crippen molar-refractivity contribution in [3.05, 3.63) is 62.2 Å². The molecule has 0 radical (unpaired) electrons. The first kappa shape index (κ1) is 13.9. The minimum Gasteiger partial charge on any atom is -0.493 e. The average molecular weight is 399 g/mol. The van der Waals surface area contributed by atoms with Crippen LogP contribution >= 0.6 is 34.2 Å². The minimum atomic E-state index is -0.143. The third-order valence-corrected chi connectivity index (χ3v) is 5.05. The highest BCUT2D eigenvalue weighted by molar-refractivity contribution is 14.1. The molecular formula is C16H12ClIO2. The molecule has 3 rings (SSSR count). The van der Waals surface area contributed by atoms with Crippen LogP contribution in [-0.4, -0.2) is 12.4 Å². The number of fused-ring (bicyclic) bond motifs is 1. The molecular weight excluding hydrogens is 387 g/mol. The van der Waals surface area contributed by atoms with Crippen LogP contribution in [0.1, 0.15) is 28.3 Å². The Morgan fingerprint density at radius 3 is 2.85 bits per heavy atom. The number of carbonyl (C=O) groups excluding carboxylic acids is 1. The summed E-state index contributed by atoms with van der Waals surface area (Å²) >= 11 is 8.27. The lowest BCUT2D eigenvalue weighted by atomic mass is 9.86. The normalized spacial score (nSPS) is 17.2. The third-order valence-electron chi connectivity index (χ3n) is 3.48. The molecule has 4 heteroatoms. The van der Waals surface area contributed by atoms with Crippen LogP contribution in [0.2, 0.25) is 5.02 Å². The predicted molar refractivity (Wildman–Crippen MR) is 87.8 cm³/mol. The van der Waals surface area contributed by atoms with Gasteiger partial charge in [0.2, 0.25) is 0 Å². The number of ketones is 1. The Bertz CT molecular complexity index is 669. The summed E-state index contributed by atoms with van der Waals surface area (Å²) in [5.41, 5.74) is 1.63. The molecule has 1 atom stereocenters. The first-order chi connectivity index (χ1) is 9.66. The fourth-order valence-corrected chi connectivity index (χ4v) is 2.98. The van der Waals surface area contributed by atoms with Crippen molar-refractivity contribution in [3.8, 4) is 5.75 Å². The fraction of sp³-hybridized carbons (Fsp3) is 0.188. The van der Waals surface area contributed by atoms with E-state index in [-0.39, 0.29) is 11.7 Å². The van der Waals surface area contributed by atoms with E-state index in [4.69, 9.17) is 16.3 Å². The fourth-order valence-electron chi connectivity index (χ4n) is 2.47.